The van der Waals surface area contributed by atoms with Gasteiger partial charge in [0, 0.05) is 6.61 Å². The summed E-state index contributed by atoms with van der Waals surface area (Å²) >= 11 is 0. The van der Waals surface area contributed by atoms with Crippen LogP contribution in [0.15, 0.2) is 30.3 Å². The number of benzene rings is 2. The molecule has 0 spiro atoms. The van der Waals surface area contributed by atoms with E-state index in [0.29, 0.717) is 6.42 Å². The van der Waals surface area contributed by atoms with E-state index in [1.54, 1.807) is 0 Å². The van der Waals surface area contributed by atoms with E-state index < -0.39 is 0 Å². The zero-order valence-corrected chi connectivity index (χ0v) is 10.7. The van der Waals surface area contributed by atoms with Crippen LogP contribution in [0.25, 0.3) is 23.9 Å². The number of aliphatic hydroxyl groups excluding tert-OH is 1. The Kier molecular flexibility index (Phi) is 4.92. The Hall–Kier alpha value is -1.60. The number of hydrogen-bond acceptors (Lipinski definition) is 1. The monoisotopic (exact) mass is 228 g/mol. The van der Waals surface area contributed by atoms with Crippen LogP contribution < -0.4 is 10.4 Å². The number of fused-ring (bicyclic) bond motifs is 1. The largest absolute Gasteiger partial charge is 0.396 e. The molecular formula is C16H20O. The van der Waals surface area contributed by atoms with Crippen LogP contribution in [-0.4, -0.2) is 11.7 Å². The van der Waals surface area contributed by atoms with Gasteiger partial charge in [-0.25, -0.2) is 0 Å². The van der Waals surface area contributed by atoms with Crippen LogP contribution in [0.2, 0.25) is 0 Å². The summed E-state index contributed by atoms with van der Waals surface area (Å²) in [5.41, 5.74) is 1.15. The topological polar surface area (TPSA) is 20.2 Å². The summed E-state index contributed by atoms with van der Waals surface area (Å²) in [5.74, 6) is 0. The Morgan fingerprint density at radius 3 is 2.41 bits per heavy atom. The second kappa shape index (κ2) is 6.21. The summed E-state index contributed by atoms with van der Waals surface area (Å²) < 4.78 is 0. The van der Waals surface area contributed by atoms with Crippen molar-refractivity contribution in [1.82, 2.24) is 0 Å². The molecule has 1 N–H and O–H groups in total. The molecule has 0 amide bonds. The van der Waals surface area contributed by atoms with Gasteiger partial charge in [-0.15, -0.1) is 0 Å². The van der Waals surface area contributed by atoms with Crippen molar-refractivity contribution in [3.8, 4) is 0 Å². The van der Waals surface area contributed by atoms with Crippen LogP contribution in [0.3, 0.4) is 0 Å². The summed E-state index contributed by atoms with van der Waals surface area (Å²) in [5, 5.41) is 13.1. The zero-order valence-electron chi connectivity index (χ0n) is 10.7. The molecule has 0 unspecified atom stereocenters. The van der Waals surface area contributed by atoms with Gasteiger partial charge in [0.15, 0.2) is 0 Å². The van der Waals surface area contributed by atoms with Crippen molar-refractivity contribution in [2.75, 3.05) is 6.61 Å². The van der Waals surface area contributed by atoms with Gasteiger partial charge in [0.1, 0.15) is 0 Å². The maximum Gasteiger partial charge on any atom is 0.0471 e. The third-order valence-corrected chi connectivity index (χ3v) is 2.69. The molecule has 0 saturated heterocycles. The molecule has 1 nitrogen and oxygen atoms in total. The van der Waals surface area contributed by atoms with Crippen molar-refractivity contribution in [3.63, 3.8) is 0 Å². The van der Waals surface area contributed by atoms with Crippen molar-refractivity contribution in [3.05, 3.63) is 46.3 Å². The van der Waals surface area contributed by atoms with Crippen LogP contribution in [-0.2, 0) is 6.42 Å². The van der Waals surface area contributed by atoms with Gasteiger partial charge in [-0.2, -0.15) is 0 Å². The molecule has 0 atom stereocenters. The lowest BCUT2D eigenvalue weighted by Crippen LogP contribution is -2.21. The molecule has 0 aromatic heterocycles. The highest BCUT2D eigenvalue weighted by Crippen LogP contribution is 2.11. The fourth-order valence-electron chi connectivity index (χ4n) is 1.77. The first-order chi connectivity index (χ1) is 8.22. The Morgan fingerprint density at radius 2 is 1.76 bits per heavy atom. The molecule has 0 aliphatic carbocycles. The lowest BCUT2D eigenvalue weighted by atomic mass is 10.0. The first-order valence-electron chi connectivity index (χ1n) is 6.03. The average molecular weight is 228 g/mol. The maximum atomic E-state index is 8.87. The van der Waals surface area contributed by atoms with Gasteiger partial charge in [-0.1, -0.05) is 57.3 Å². The lowest BCUT2D eigenvalue weighted by molar-refractivity contribution is 0.299. The predicted molar refractivity (Wildman–Crippen MR) is 76.4 cm³/mol. The summed E-state index contributed by atoms with van der Waals surface area (Å²) in [6.45, 7) is 12.1. The molecule has 0 fully saturated rings. The molecule has 2 aromatic rings. The van der Waals surface area contributed by atoms with E-state index in [4.69, 9.17) is 5.11 Å². The minimum atomic E-state index is 0.191. The molecule has 2 aromatic carbocycles. The van der Waals surface area contributed by atoms with E-state index in [9.17, 15) is 0 Å². The fraction of sp³-hybridized carbons (Fsp3) is 0.250. The Bertz CT molecular complexity index is 584. The van der Waals surface area contributed by atoms with E-state index in [-0.39, 0.29) is 6.61 Å². The molecule has 0 aliphatic heterocycles. The van der Waals surface area contributed by atoms with Crippen LogP contribution in [0.5, 0.6) is 0 Å². The third-order valence-electron chi connectivity index (χ3n) is 2.69. The van der Waals surface area contributed by atoms with Gasteiger partial charge in [0.25, 0.3) is 0 Å². The first kappa shape index (κ1) is 13.5. The molecule has 0 heterocycles. The average Bonchev–Trinajstić information content (AvgIpc) is 2.37. The minimum absolute atomic E-state index is 0.191. The summed E-state index contributed by atoms with van der Waals surface area (Å²) in [7, 11) is 0. The molecule has 90 valence electrons. The van der Waals surface area contributed by atoms with Gasteiger partial charge in [-0.05, 0) is 33.2 Å². The standard InChI is InChI=1S/C14H14O.C2H6/c1-10-3-5-13-9-12(7-8-15)4-6-14(13)11(10)2;1-2/h3-6,9,15H,1-2,7-8H2;1-2H3. The van der Waals surface area contributed by atoms with Gasteiger partial charge in [-0.3, -0.25) is 0 Å². The van der Waals surface area contributed by atoms with Crippen LogP contribution >= 0.6 is 0 Å². The first-order valence-corrected chi connectivity index (χ1v) is 6.03. The summed E-state index contributed by atoms with van der Waals surface area (Å²) in [6.07, 6.45) is 0.703. The van der Waals surface area contributed by atoms with Crippen molar-refractivity contribution in [2.24, 2.45) is 0 Å². The second-order valence-corrected chi connectivity index (χ2v) is 3.73. The fourth-order valence-corrected chi connectivity index (χ4v) is 1.77. The van der Waals surface area contributed by atoms with Gasteiger partial charge in [0.05, 0.1) is 0 Å². The van der Waals surface area contributed by atoms with Crippen LogP contribution in [0, 0.1) is 0 Å². The van der Waals surface area contributed by atoms with E-state index in [0.717, 1.165) is 21.4 Å². The highest BCUT2D eigenvalue weighted by atomic mass is 16.2. The highest BCUT2D eigenvalue weighted by molar-refractivity contribution is 5.83. The van der Waals surface area contributed by atoms with E-state index in [1.807, 2.05) is 32.0 Å². The number of rotatable bonds is 2. The molecule has 0 radical (unpaired) electrons. The van der Waals surface area contributed by atoms with Crippen molar-refractivity contribution in [1.29, 1.82) is 0 Å². The third kappa shape index (κ3) is 2.95. The Balaban J connectivity index is 0.000000686. The lowest BCUT2D eigenvalue weighted by Gasteiger charge is -2.02. The normalized spacial score (nSPS) is 9.82. The molecule has 0 bridgehead atoms. The number of hydrogen-bond donors (Lipinski definition) is 1. The Morgan fingerprint density at radius 1 is 1.06 bits per heavy atom. The maximum absolute atomic E-state index is 8.87. The van der Waals surface area contributed by atoms with E-state index >= 15 is 0 Å². The van der Waals surface area contributed by atoms with Crippen molar-refractivity contribution < 1.29 is 5.11 Å². The molecule has 0 aliphatic rings. The summed E-state index contributed by atoms with van der Waals surface area (Å²) in [4.78, 5) is 0. The molecule has 17 heavy (non-hydrogen) atoms. The predicted octanol–water partition coefficient (Wildman–Crippen LogP) is 2.22. The van der Waals surface area contributed by atoms with Gasteiger partial charge in [0.2, 0.25) is 0 Å². The molecule has 0 saturated carbocycles. The van der Waals surface area contributed by atoms with Gasteiger partial charge >= 0.3 is 0 Å². The Labute approximate surface area is 103 Å². The molecular weight excluding hydrogens is 208 g/mol. The number of aliphatic hydroxyl groups is 1. The van der Waals surface area contributed by atoms with Gasteiger partial charge < -0.3 is 5.11 Å². The van der Waals surface area contributed by atoms with E-state index in [2.05, 4.69) is 25.3 Å². The molecule has 2 rings (SSSR count). The van der Waals surface area contributed by atoms with Crippen molar-refractivity contribution >= 4 is 23.9 Å². The second-order valence-electron chi connectivity index (χ2n) is 3.73. The van der Waals surface area contributed by atoms with E-state index in [1.165, 1.54) is 5.39 Å². The minimum Gasteiger partial charge on any atom is -0.396 e. The zero-order chi connectivity index (χ0) is 12.8. The quantitative estimate of drug-likeness (QED) is 0.835. The van der Waals surface area contributed by atoms with Crippen LogP contribution in [0.1, 0.15) is 19.4 Å². The summed E-state index contributed by atoms with van der Waals surface area (Å²) in [6, 6.07) is 10.2. The highest BCUT2D eigenvalue weighted by Gasteiger charge is 1.97. The molecule has 1 heteroatoms. The smallest absolute Gasteiger partial charge is 0.0471 e. The van der Waals surface area contributed by atoms with Crippen LogP contribution in [0.4, 0.5) is 0 Å². The SMILES string of the molecule is C=c1ccc2cc(CCO)ccc2c1=C.CC. The van der Waals surface area contributed by atoms with Crippen molar-refractivity contribution in [2.45, 2.75) is 20.3 Å².